The van der Waals surface area contributed by atoms with E-state index in [0.29, 0.717) is 0 Å². The third-order valence-corrected chi connectivity index (χ3v) is 2.69. The van der Waals surface area contributed by atoms with Crippen LogP contribution in [0.1, 0.15) is 33.6 Å². The van der Waals surface area contributed by atoms with Crippen LogP contribution in [0.25, 0.3) is 0 Å². The molecule has 1 saturated heterocycles. The van der Waals surface area contributed by atoms with Crippen molar-refractivity contribution in [2.75, 3.05) is 13.2 Å². The molecule has 3 amide bonds. The van der Waals surface area contributed by atoms with E-state index < -0.39 is 23.4 Å². The zero-order valence-electron chi connectivity index (χ0n) is 11.3. The molecule has 1 aliphatic rings. The molecule has 1 rings (SSSR count). The van der Waals surface area contributed by atoms with Gasteiger partial charge in [-0.1, -0.05) is 0 Å². The van der Waals surface area contributed by atoms with E-state index in [9.17, 15) is 19.2 Å². The van der Waals surface area contributed by atoms with E-state index in [2.05, 4.69) is 10.1 Å². The van der Waals surface area contributed by atoms with Crippen molar-refractivity contribution in [1.82, 2.24) is 10.2 Å². The van der Waals surface area contributed by atoms with Crippen LogP contribution in [0.5, 0.6) is 0 Å². The summed E-state index contributed by atoms with van der Waals surface area (Å²) in [6.07, 6.45) is -0.0873. The predicted molar refractivity (Wildman–Crippen MR) is 65.2 cm³/mol. The number of carbonyl (C=O) groups is 4. The topological polar surface area (TPSA) is 92.8 Å². The van der Waals surface area contributed by atoms with Crippen molar-refractivity contribution in [3.63, 3.8) is 0 Å². The Bertz CT molecular complexity index is 416. The Morgan fingerprint density at radius 3 is 2.37 bits per heavy atom. The van der Waals surface area contributed by atoms with Crippen molar-refractivity contribution in [2.24, 2.45) is 0 Å². The van der Waals surface area contributed by atoms with Crippen LogP contribution in [-0.2, 0) is 19.1 Å². The van der Waals surface area contributed by atoms with Gasteiger partial charge in [-0.05, 0) is 20.8 Å². The van der Waals surface area contributed by atoms with Gasteiger partial charge in [-0.15, -0.1) is 0 Å². The average molecular weight is 270 g/mol. The number of esters is 1. The molecule has 7 heteroatoms. The fourth-order valence-electron chi connectivity index (χ4n) is 1.69. The Kier molecular flexibility index (Phi) is 4.63. The summed E-state index contributed by atoms with van der Waals surface area (Å²) in [5, 5.41) is 2.48. The molecular weight excluding hydrogens is 252 g/mol. The zero-order chi connectivity index (χ0) is 14.6. The second-order valence-electron chi connectivity index (χ2n) is 4.79. The van der Waals surface area contributed by atoms with Crippen LogP contribution in [-0.4, -0.2) is 47.3 Å². The summed E-state index contributed by atoms with van der Waals surface area (Å²) in [5.41, 5.74) is -0.988. The van der Waals surface area contributed by atoms with Crippen LogP contribution < -0.4 is 5.32 Å². The molecule has 1 N–H and O–H groups in total. The summed E-state index contributed by atoms with van der Waals surface area (Å²) in [6, 6.07) is -0.584. The molecule has 106 valence electrons. The van der Waals surface area contributed by atoms with Crippen molar-refractivity contribution in [3.05, 3.63) is 0 Å². The molecule has 7 nitrogen and oxygen atoms in total. The molecule has 1 aliphatic heterocycles. The molecule has 0 spiro atoms. The molecule has 0 radical (unpaired) electrons. The van der Waals surface area contributed by atoms with Crippen LogP contribution in [0.3, 0.4) is 0 Å². The van der Waals surface area contributed by atoms with Crippen LogP contribution in [0.4, 0.5) is 4.79 Å². The maximum Gasteiger partial charge on any atom is 0.325 e. The first kappa shape index (κ1) is 15.1. The van der Waals surface area contributed by atoms with Crippen molar-refractivity contribution in [1.29, 1.82) is 0 Å². The average Bonchev–Trinajstić information content (AvgIpc) is 2.49. The van der Waals surface area contributed by atoms with Crippen LogP contribution in [0.15, 0.2) is 0 Å². The molecule has 1 fully saturated rings. The van der Waals surface area contributed by atoms with Gasteiger partial charge in [-0.25, -0.2) is 4.79 Å². The van der Waals surface area contributed by atoms with Crippen molar-refractivity contribution < 1.29 is 23.9 Å². The number of urea groups is 1. The van der Waals surface area contributed by atoms with Gasteiger partial charge in [0.25, 0.3) is 5.91 Å². The smallest absolute Gasteiger partial charge is 0.325 e. The number of hydrogen-bond acceptors (Lipinski definition) is 5. The minimum atomic E-state index is -0.988. The van der Waals surface area contributed by atoms with E-state index in [-0.39, 0.29) is 31.8 Å². The number of amides is 3. The lowest BCUT2D eigenvalue weighted by molar-refractivity contribution is -0.144. The molecule has 0 aliphatic carbocycles. The normalized spacial score (nSPS) is 17.3. The minimum absolute atomic E-state index is 0.0419. The number of Topliss-reactive ketones (excluding diaryl/α,β-unsaturated/α-hetero) is 1. The minimum Gasteiger partial charge on any atom is -0.466 e. The second kappa shape index (κ2) is 5.81. The quantitative estimate of drug-likeness (QED) is 0.551. The number of ketones is 1. The number of hydrogen-bond donors (Lipinski definition) is 1. The van der Waals surface area contributed by atoms with E-state index in [1.165, 1.54) is 0 Å². The fourth-order valence-corrected chi connectivity index (χ4v) is 1.69. The van der Waals surface area contributed by atoms with Crippen LogP contribution in [0.2, 0.25) is 0 Å². The monoisotopic (exact) mass is 270 g/mol. The van der Waals surface area contributed by atoms with Gasteiger partial charge in [-0.3, -0.25) is 19.3 Å². The highest BCUT2D eigenvalue weighted by Crippen LogP contribution is 2.16. The van der Waals surface area contributed by atoms with E-state index >= 15 is 0 Å². The largest absolute Gasteiger partial charge is 0.466 e. The lowest BCUT2D eigenvalue weighted by Gasteiger charge is -2.15. The first-order valence-electron chi connectivity index (χ1n) is 6.09. The molecule has 0 saturated carbocycles. The van der Waals surface area contributed by atoms with E-state index in [0.717, 1.165) is 4.90 Å². The Hall–Kier alpha value is -1.92. The van der Waals surface area contributed by atoms with Crippen molar-refractivity contribution in [2.45, 2.75) is 39.2 Å². The maximum absolute atomic E-state index is 11.8. The summed E-state index contributed by atoms with van der Waals surface area (Å²) in [4.78, 5) is 46.9. The first-order valence-corrected chi connectivity index (χ1v) is 6.09. The standard InChI is InChI=1S/C12H18N2O5/c1-4-19-9(16)6-5-8(15)7-14-10(17)12(2,3)13-11(14)18/h4-7H2,1-3H3,(H,13,18). The van der Waals surface area contributed by atoms with E-state index in [1.807, 2.05) is 0 Å². The van der Waals surface area contributed by atoms with E-state index in [4.69, 9.17) is 0 Å². The molecular formula is C12H18N2O5. The molecule has 0 aromatic carbocycles. The lowest BCUT2D eigenvalue weighted by atomic mass is 10.1. The van der Waals surface area contributed by atoms with Gasteiger partial charge in [0.15, 0.2) is 5.78 Å². The number of carbonyl (C=O) groups excluding carboxylic acids is 4. The molecule has 0 atom stereocenters. The first-order chi connectivity index (χ1) is 8.77. The Morgan fingerprint density at radius 2 is 1.89 bits per heavy atom. The summed E-state index contributed by atoms with van der Waals surface area (Å²) >= 11 is 0. The Morgan fingerprint density at radius 1 is 1.26 bits per heavy atom. The molecule has 0 aromatic heterocycles. The lowest BCUT2D eigenvalue weighted by Crippen LogP contribution is -2.41. The number of nitrogens with one attached hydrogen (secondary N) is 1. The van der Waals surface area contributed by atoms with Crippen LogP contribution >= 0.6 is 0 Å². The van der Waals surface area contributed by atoms with Crippen molar-refractivity contribution >= 4 is 23.7 Å². The summed E-state index contributed by atoms with van der Waals surface area (Å²) in [5.74, 6) is -1.26. The Labute approximate surface area is 111 Å². The van der Waals surface area contributed by atoms with E-state index in [1.54, 1.807) is 20.8 Å². The fraction of sp³-hybridized carbons (Fsp3) is 0.667. The summed E-state index contributed by atoms with van der Waals surface area (Å²) in [7, 11) is 0. The SMILES string of the molecule is CCOC(=O)CCC(=O)CN1C(=O)NC(C)(C)C1=O. The molecule has 0 aromatic rings. The number of imide groups is 1. The summed E-state index contributed by atoms with van der Waals surface area (Å²) < 4.78 is 4.69. The van der Waals surface area contributed by atoms with Gasteiger partial charge in [0.2, 0.25) is 0 Å². The molecule has 0 unspecified atom stereocenters. The zero-order valence-corrected chi connectivity index (χ0v) is 11.3. The van der Waals surface area contributed by atoms with Gasteiger partial charge in [0.05, 0.1) is 19.6 Å². The third kappa shape index (κ3) is 3.77. The van der Waals surface area contributed by atoms with Gasteiger partial charge >= 0.3 is 12.0 Å². The highest BCUT2D eigenvalue weighted by atomic mass is 16.5. The second-order valence-corrected chi connectivity index (χ2v) is 4.79. The molecule has 0 bridgehead atoms. The van der Waals surface area contributed by atoms with Gasteiger partial charge in [0.1, 0.15) is 5.54 Å². The highest BCUT2D eigenvalue weighted by molar-refractivity contribution is 6.08. The highest BCUT2D eigenvalue weighted by Gasteiger charge is 2.44. The number of rotatable bonds is 6. The van der Waals surface area contributed by atoms with Crippen LogP contribution in [0, 0.1) is 0 Å². The third-order valence-electron chi connectivity index (χ3n) is 2.69. The molecule has 19 heavy (non-hydrogen) atoms. The summed E-state index contributed by atoms with van der Waals surface area (Å²) in [6.45, 7) is 4.75. The van der Waals surface area contributed by atoms with Crippen molar-refractivity contribution in [3.8, 4) is 0 Å². The van der Waals surface area contributed by atoms with Gasteiger partial charge < -0.3 is 10.1 Å². The van der Waals surface area contributed by atoms with Gasteiger partial charge in [-0.2, -0.15) is 0 Å². The number of ether oxygens (including phenoxy) is 1. The molecule has 1 heterocycles. The predicted octanol–water partition coefficient (Wildman–Crippen LogP) is 0.229. The Balaban J connectivity index is 2.47. The number of nitrogens with zero attached hydrogens (tertiary/aromatic N) is 1. The maximum atomic E-state index is 11.8. The van der Waals surface area contributed by atoms with Gasteiger partial charge in [0, 0.05) is 6.42 Å².